The second kappa shape index (κ2) is 5.32. The fourth-order valence-corrected chi connectivity index (χ4v) is 2.22. The largest absolute Gasteiger partial charge is 0.476 e. The van der Waals surface area contributed by atoms with E-state index in [1.165, 1.54) is 15.8 Å². The van der Waals surface area contributed by atoms with Gasteiger partial charge in [0, 0.05) is 20.1 Å². The van der Waals surface area contributed by atoms with Crippen molar-refractivity contribution in [3.05, 3.63) is 11.9 Å². The Bertz CT molecular complexity index is 544. The van der Waals surface area contributed by atoms with Crippen LogP contribution in [0.5, 0.6) is 0 Å². The van der Waals surface area contributed by atoms with Crippen LogP contribution in [0, 0.1) is 0 Å². The fraction of sp³-hybridized carbons (Fsp3) is 0.667. The number of carbonyl (C=O) groups excluding carboxylic acids is 1. The monoisotopic (exact) mass is 297 g/mol. The van der Waals surface area contributed by atoms with E-state index in [0.29, 0.717) is 13.1 Å². The molecule has 2 amide bonds. The zero-order valence-electron chi connectivity index (χ0n) is 12.2. The summed E-state index contributed by atoms with van der Waals surface area (Å²) in [5.41, 5.74) is -1.06. The minimum atomic E-state index is -1.13. The zero-order chi connectivity index (χ0) is 15.8. The van der Waals surface area contributed by atoms with Gasteiger partial charge < -0.3 is 20.0 Å². The molecule has 0 aromatic carbocycles. The second-order valence-corrected chi connectivity index (χ2v) is 5.90. The lowest BCUT2D eigenvalue weighted by atomic mass is 10.1. The Morgan fingerprint density at radius 2 is 2.10 bits per heavy atom. The number of hydrogen-bond acceptors (Lipinski definition) is 5. The second-order valence-electron chi connectivity index (χ2n) is 5.90. The highest BCUT2D eigenvalue weighted by atomic mass is 16.4. The van der Waals surface area contributed by atoms with Gasteiger partial charge in [-0.15, -0.1) is 5.10 Å². The van der Waals surface area contributed by atoms with Gasteiger partial charge in [0.05, 0.1) is 24.4 Å². The fourth-order valence-electron chi connectivity index (χ4n) is 2.22. The lowest BCUT2D eigenvalue weighted by Gasteiger charge is -2.41. The molecule has 1 aliphatic heterocycles. The summed E-state index contributed by atoms with van der Waals surface area (Å²) in [5, 5.41) is 25.8. The number of aliphatic hydroxyl groups is 1. The van der Waals surface area contributed by atoms with Crippen LogP contribution in [-0.4, -0.2) is 79.3 Å². The van der Waals surface area contributed by atoms with Gasteiger partial charge in [0.1, 0.15) is 0 Å². The Balaban J connectivity index is 1.88. The van der Waals surface area contributed by atoms with Crippen molar-refractivity contribution < 1.29 is 19.8 Å². The number of carboxylic acids is 1. The topological polar surface area (TPSA) is 112 Å². The highest BCUT2D eigenvalue weighted by molar-refractivity contribution is 5.84. The molecule has 2 heterocycles. The molecule has 0 spiro atoms. The smallest absolute Gasteiger partial charge is 0.358 e. The number of aromatic nitrogens is 3. The lowest BCUT2D eigenvalue weighted by Crippen LogP contribution is -2.56. The third kappa shape index (κ3) is 3.48. The first-order chi connectivity index (χ1) is 9.67. The number of amides is 2. The summed E-state index contributed by atoms with van der Waals surface area (Å²) in [5.74, 6) is -1.13. The van der Waals surface area contributed by atoms with E-state index in [1.807, 2.05) is 0 Å². The minimum Gasteiger partial charge on any atom is -0.476 e. The molecule has 0 saturated carbocycles. The molecule has 1 saturated heterocycles. The zero-order valence-corrected chi connectivity index (χ0v) is 12.2. The van der Waals surface area contributed by atoms with Gasteiger partial charge in [0.15, 0.2) is 5.69 Å². The molecule has 9 nitrogen and oxygen atoms in total. The van der Waals surface area contributed by atoms with Gasteiger partial charge in [-0.2, -0.15) is 0 Å². The lowest BCUT2D eigenvalue weighted by molar-refractivity contribution is 0.0366. The third-order valence-corrected chi connectivity index (χ3v) is 3.19. The average molecular weight is 297 g/mol. The molecule has 21 heavy (non-hydrogen) atoms. The van der Waals surface area contributed by atoms with Crippen LogP contribution >= 0.6 is 0 Å². The van der Waals surface area contributed by atoms with Crippen LogP contribution in [0.15, 0.2) is 6.20 Å². The highest BCUT2D eigenvalue weighted by Crippen LogP contribution is 2.22. The van der Waals surface area contributed by atoms with Gasteiger partial charge in [0.25, 0.3) is 0 Å². The van der Waals surface area contributed by atoms with Crippen molar-refractivity contribution in [1.82, 2.24) is 24.8 Å². The Morgan fingerprint density at radius 1 is 1.48 bits per heavy atom. The van der Waals surface area contributed by atoms with E-state index in [-0.39, 0.29) is 24.3 Å². The van der Waals surface area contributed by atoms with E-state index < -0.39 is 11.6 Å². The van der Waals surface area contributed by atoms with Crippen LogP contribution in [0.2, 0.25) is 0 Å². The van der Waals surface area contributed by atoms with Crippen molar-refractivity contribution >= 4 is 12.0 Å². The number of rotatable bonds is 4. The molecule has 0 unspecified atom stereocenters. The number of urea groups is 1. The van der Waals surface area contributed by atoms with Gasteiger partial charge in [-0.25, -0.2) is 14.3 Å². The standard InChI is InChI=1S/C12H19N5O4/c1-12(2,21)7-15(3)11(20)16-4-8(5-16)17-6-9(10(18)19)13-14-17/h6,8,21H,4-5,7H2,1-3H3,(H,18,19). The molecule has 1 aromatic heterocycles. The highest BCUT2D eigenvalue weighted by Gasteiger charge is 2.35. The molecule has 1 aliphatic rings. The Hall–Kier alpha value is -2.16. The van der Waals surface area contributed by atoms with Crippen LogP contribution in [0.1, 0.15) is 30.4 Å². The molecule has 2 N–H and O–H groups in total. The number of hydrogen-bond donors (Lipinski definition) is 2. The van der Waals surface area contributed by atoms with E-state index in [9.17, 15) is 14.7 Å². The first kappa shape index (κ1) is 15.2. The number of nitrogens with zero attached hydrogens (tertiary/aromatic N) is 5. The molecule has 0 atom stereocenters. The van der Waals surface area contributed by atoms with E-state index in [4.69, 9.17) is 5.11 Å². The number of aromatic carboxylic acids is 1. The van der Waals surface area contributed by atoms with Crippen LogP contribution in [-0.2, 0) is 0 Å². The molecule has 0 radical (unpaired) electrons. The summed E-state index contributed by atoms with van der Waals surface area (Å²) >= 11 is 0. The maximum Gasteiger partial charge on any atom is 0.358 e. The van der Waals surface area contributed by atoms with Gasteiger partial charge in [-0.05, 0) is 13.8 Å². The van der Waals surface area contributed by atoms with Crippen LogP contribution < -0.4 is 0 Å². The maximum absolute atomic E-state index is 12.1. The van der Waals surface area contributed by atoms with Crippen molar-refractivity contribution in [3.8, 4) is 0 Å². The number of carboxylic acid groups (broad SMARTS) is 1. The normalized spacial score (nSPS) is 15.7. The van der Waals surface area contributed by atoms with Gasteiger partial charge in [-0.3, -0.25) is 0 Å². The van der Waals surface area contributed by atoms with E-state index in [0.717, 1.165) is 0 Å². The Labute approximate surface area is 121 Å². The van der Waals surface area contributed by atoms with Crippen molar-refractivity contribution in [3.63, 3.8) is 0 Å². The third-order valence-electron chi connectivity index (χ3n) is 3.19. The number of carbonyl (C=O) groups is 2. The average Bonchev–Trinajstić information content (AvgIpc) is 2.73. The summed E-state index contributed by atoms with van der Waals surface area (Å²) in [6.07, 6.45) is 1.36. The van der Waals surface area contributed by atoms with E-state index in [2.05, 4.69) is 10.3 Å². The maximum atomic E-state index is 12.1. The number of likely N-dealkylation sites (tertiary alicyclic amines) is 1. The summed E-state index contributed by atoms with van der Waals surface area (Å²) in [7, 11) is 1.63. The van der Waals surface area contributed by atoms with Crippen molar-refractivity contribution in [2.24, 2.45) is 0 Å². The quantitative estimate of drug-likeness (QED) is 0.786. The van der Waals surface area contributed by atoms with Gasteiger partial charge >= 0.3 is 12.0 Å². The Morgan fingerprint density at radius 3 is 2.57 bits per heavy atom. The van der Waals surface area contributed by atoms with Crippen molar-refractivity contribution in [2.45, 2.75) is 25.5 Å². The predicted octanol–water partition coefficient (Wildman–Crippen LogP) is -0.344. The molecule has 2 rings (SSSR count). The molecular formula is C12H19N5O4. The van der Waals surface area contributed by atoms with Crippen molar-refractivity contribution in [2.75, 3.05) is 26.7 Å². The molecule has 0 bridgehead atoms. The SMILES string of the molecule is CN(CC(C)(C)O)C(=O)N1CC(n2cc(C(=O)O)nn2)C1. The molecular weight excluding hydrogens is 278 g/mol. The minimum absolute atomic E-state index is 0.0647. The van der Waals surface area contributed by atoms with Crippen LogP contribution in [0.4, 0.5) is 4.79 Å². The Kier molecular flexibility index (Phi) is 3.86. The molecule has 1 aromatic rings. The molecule has 116 valence electrons. The molecule has 9 heteroatoms. The molecule has 0 aliphatic carbocycles. The first-order valence-corrected chi connectivity index (χ1v) is 6.55. The molecule has 1 fully saturated rings. The first-order valence-electron chi connectivity index (χ1n) is 6.55. The predicted molar refractivity (Wildman–Crippen MR) is 71.9 cm³/mol. The van der Waals surface area contributed by atoms with E-state index in [1.54, 1.807) is 25.8 Å². The van der Waals surface area contributed by atoms with Gasteiger partial charge in [0.2, 0.25) is 0 Å². The summed E-state index contributed by atoms with van der Waals surface area (Å²) in [6, 6.07) is -0.239. The number of likely N-dealkylation sites (N-methyl/N-ethyl adjacent to an activating group) is 1. The van der Waals surface area contributed by atoms with Crippen LogP contribution in [0.3, 0.4) is 0 Å². The summed E-state index contributed by atoms with van der Waals surface area (Å²) in [4.78, 5) is 25.9. The summed E-state index contributed by atoms with van der Waals surface area (Å²) < 4.78 is 1.46. The van der Waals surface area contributed by atoms with Crippen molar-refractivity contribution in [1.29, 1.82) is 0 Å². The van der Waals surface area contributed by atoms with Crippen LogP contribution in [0.25, 0.3) is 0 Å². The van der Waals surface area contributed by atoms with Gasteiger partial charge in [-0.1, -0.05) is 5.21 Å². The summed E-state index contributed by atoms with van der Waals surface area (Å²) in [6.45, 7) is 4.39. The van der Waals surface area contributed by atoms with E-state index >= 15 is 0 Å².